The molecule has 1 saturated heterocycles. The Morgan fingerprint density at radius 1 is 0.857 bits per heavy atom. The number of amides is 1. The number of anilines is 1. The van der Waals surface area contributed by atoms with Crippen LogP contribution in [0, 0.1) is 6.92 Å². The summed E-state index contributed by atoms with van der Waals surface area (Å²) in [5.41, 5.74) is 5.86. The van der Waals surface area contributed by atoms with Gasteiger partial charge in [0.1, 0.15) is 0 Å². The van der Waals surface area contributed by atoms with Crippen LogP contribution in [0.5, 0.6) is 0 Å². The lowest BCUT2D eigenvalue weighted by Gasteiger charge is -2.39. The van der Waals surface area contributed by atoms with E-state index in [4.69, 9.17) is 0 Å². The summed E-state index contributed by atoms with van der Waals surface area (Å²) in [6, 6.07) is 27.0. The zero-order valence-corrected chi connectivity index (χ0v) is 16.5. The zero-order valence-electron chi connectivity index (χ0n) is 16.5. The summed E-state index contributed by atoms with van der Waals surface area (Å²) in [6.07, 6.45) is 0. The number of benzene rings is 3. The number of aryl methyl sites for hydroxylation is 1. The van der Waals surface area contributed by atoms with E-state index in [1.54, 1.807) is 0 Å². The molecule has 1 atom stereocenters. The fourth-order valence-corrected chi connectivity index (χ4v) is 3.90. The smallest absolute Gasteiger partial charge is 0.244 e. The molecule has 1 aliphatic rings. The van der Waals surface area contributed by atoms with Gasteiger partial charge in [-0.3, -0.25) is 9.69 Å². The molecule has 3 heteroatoms. The van der Waals surface area contributed by atoms with Gasteiger partial charge >= 0.3 is 0 Å². The average molecular weight is 370 g/mol. The Labute approximate surface area is 167 Å². The molecule has 0 aromatic heterocycles. The predicted molar refractivity (Wildman–Crippen MR) is 115 cm³/mol. The number of rotatable bonds is 4. The number of carbonyl (C=O) groups is 1. The Morgan fingerprint density at radius 2 is 1.57 bits per heavy atom. The van der Waals surface area contributed by atoms with Crippen LogP contribution in [-0.4, -0.2) is 29.9 Å². The third-order valence-corrected chi connectivity index (χ3v) is 5.54. The summed E-state index contributed by atoms with van der Waals surface area (Å²) in [5, 5.41) is 0. The molecule has 0 aliphatic carbocycles. The van der Waals surface area contributed by atoms with E-state index in [2.05, 4.69) is 72.5 Å². The van der Waals surface area contributed by atoms with Crippen LogP contribution in [0.25, 0.3) is 11.1 Å². The van der Waals surface area contributed by atoms with Crippen molar-refractivity contribution in [1.82, 2.24) is 4.90 Å². The van der Waals surface area contributed by atoms with Gasteiger partial charge in [0, 0.05) is 25.3 Å². The number of hydrogen-bond acceptors (Lipinski definition) is 2. The van der Waals surface area contributed by atoms with Crippen molar-refractivity contribution in [3.05, 3.63) is 90.0 Å². The average Bonchev–Trinajstić information content (AvgIpc) is 2.73. The van der Waals surface area contributed by atoms with Gasteiger partial charge in [0.15, 0.2) is 0 Å². The van der Waals surface area contributed by atoms with E-state index in [1.165, 1.54) is 22.3 Å². The lowest BCUT2D eigenvalue weighted by molar-refractivity contribution is -0.125. The van der Waals surface area contributed by atoms with Gasteiger partial charge in [0.25, 0.3) is 0 Å². The van der Waals surface area contributed by atoms with Gasteiger partial charge < -0.3 is 4.90 Å². The highest BCUT2D eigenvalue weighted by Gasteiger charge is 2.32. The van der Waals surface area contributed by atoms with E-state index in [0.29, 0.717) is 0 Å². The van der Waals surface area contributed by atoms with Crippen molar-refractivity contribution >= 4 is 11.6 Å². The van der Waals surface area contributed by atoms with Gasteiger partial charge in [-0.15, -0.1) is 0 Å². The van der Waals surface area contributed by atoms with Crippen molar-refractivity contribution in [2.45, 2.75) is 26.4 Å². The van der Waals surface area contributed by atoms with E-state index in [9.17, 15) is 4.79 Å². The van der Waals surface area contributed by atoms with Crippen LogP contribution in [0.3, 0.4) is 0 Å². The maximum absolute atomic E-state index is 13.0. The Bertz CT molecular complexity index is 950. The van der Waals surface area contributed by atoms with Gasteiger partial charge in [-0.25, -0.2) is 0 Å². The van der Waals surface area contributed by atoms with E-state index in [-0.39, 0.29) is 11.9 Å². The molecule has 4 rings (SSSR count). The first kappa shape index (κ1) is 18.5. The fraction of sp³-hybridized carbons (Fsp3) is 0.240. The Balaban J connectivity index is 1.46. The number of hydrogen-bond donors (Lipinski definition) is 0. The second-order valence-electron chi connectivity index (χ2n) is 7.54. The summed E-state index contributed by atoms with van der Waals surface area (Å²) >= 11 is 0. The first-order chi connectivity index (χ1) is 13.6. The molecule has 1 amide bonds. The van der Waals surface area contributed by atoms with Gasteiger partial charge in [0.05, 0.1) is 6.04 Å². The highest BCUT2D eigenvalue weighted by atomic mass is 16.2. The molecule has 3 aromatic rings. The monoisotopic (exact) mass is 370 g/mol. The van der Waals surface area contributed by atoms with Crippen LogP contribution < -0.4 is 4.90 Å². The third-order valence-electron chi connectivity index (χ3n) is 5.54. The molecule has 1 heterocycles. The first-order valence-corrected chi connectivity index (χ1v) is 9.88. The standard InChI is InChI=1S/C25H26N2O/c1-19-7-6-8-21(17-19)18-26-15-16-27(25(28)20(26)2)24-13-11-23(12-14-24)22-9-4-3-5-10-22/h3-14,17,20H,15-16,18H2,1-2H3. The van der Waals surface area contributed by atoms with Gasteiger partial charge in [-0.05, 0) is 42.7 Å². The van der Waals surface area contributed by atoms with E-state index in [0.717, 1.165) is 25.3 Å². The van der Waals surface area contributed by atoms with Crippen molar-refractivity contribution in [1.29, 1.82) is 0 Å². The van der Waals surface area contributed by atoms with E-state index < -0.39 is 0 Å². The minimum Gasteiger partial charge on any atom is -0.310 e. The highest BCUT2D eigenvalue weighted by molar-refractivity contribution is 5.97. The lowest BCUT2D eigenvalue weighted by Crippen LogP contribution is -2.55. The summed E-state index contributed by atoms with van der Waals surface area (Å²) in [6.45, 7) is 6.54. The van der Waals surface area contributed by atoms with E-state index in [1.807, 2.05) is 30.0 Å². The molecule has 28 heavy (non-hydrogen) atoms. The molecule has 0 saturated carbocycles. The minimum atomic E-state index is -0.122. The molecule has 1 aliphatic heterocycles. The normalized spacial score (nSPS) is 17.7. The molecular weight excluding hydrogens is 344 g/mol. The maximum atomic E-state index is 13.0. The van der Waals surface area contributed by atoms with Crippen LogP contribution in [0.15, 0.2) is 78.9 Å². The Kier molecular flexibility index (Phi) is 5.27. The fourth-order valence-electron chi connectivity index (χ4n) is 3.90. The lowest BCUT2D eigenvalue weighted by atomic mass is 10.0. The van der Waals surface area contributed by atoms with Gasteiger partial charge in [-0.2, -0.15) is 0 Å². The van der Waals surface area contributed by atoms with Crippen LogP contribution in [0.4, 0.5) is 5.69 Å². The van der Waals surface area contributed by atoms with Crippen LogP contribution in [0.1, 0.15) is 18.1 Å². The van der Waals surface area contributed by atoms with Crippen molar-refractivity contribution in [2.75, 3.05) is 18.0 Å². The Hall–Kier alpha value is -2.91. The molecule has 1 unspecified atom stereocenters. The SMILES string of the molecule is Cc1cccc(CN2CCN(c3ccc(-c4ccccc4)cc3)C(=O)C2C)c1. The molecule has 1 fully saturated rings. The summed E-state index contributed by atoms with van der Waals surface area (Å²) in [4.78, 5) is 17.2. The van der Waals surface area contributed by atoms with Crippen LogP contribution in [0.2, 0.25) is 0 Å². The van der Waals surface area contributed by atoms with E-state index >= 15 is 0 Å². The quantitative estimate of drug-likeness (QED) is 0.652. The predicted octanol–water partition coefficient (Wildman–Crippen LogP) is 4.90. The molecule has 0 N–H and O–H groups in total. The van der Waals surface area contributed by atoms with Crippen molar-refractivity contribution in [2.24, 2.45) is 0 Å². The molecular formula is C25H26N2O. The summed E-state index contributed by atoms with van der Waals surface area (Å²) in [7, 11) is 0. The largest absolute Gasteiger partial charge is 0.310 e. The molecule has 0 spiro atoms. The summed E-state index contributed by atoms with van der Waals surface area (Å²) in [5.74, 6) is 0.173. The van der Waals surface area contributed by atoms with Crippen LogP contribution >= 0.6 is 0 Å². The van der Waals surface area contributed by atoms with Gasteiger partial charge in [0.2, 0.25) is 5.91 Å². The number of nitrogens with zero attached hydrogens (tertiary/aromatic N) is 2. The van der Waals surface area contributed by atoms with Crippen molar-refractivity contribution < 1.29 is 4.79 Å². The summed E-state index contributed by atoms with van der Waals surface area (Å²) < 4.78 is 0. The van der Waals surface area contributed by atoms with Gasteiger partial charge in [-0.1, -0.05) is 72.3 Å². The molecule has 3 aromatic carbocycles. The first-order valence-electron chi connectivity index (χ1n) is 9.88. The number of carbonyl (C=O) groups excluding carboxylic acids is 1. The number of piperazine rings is 1. The maximum Gasteiger partial charge on any atom is 0.244 e. The highest BCUT2D eigenvalue weighted by Crippen LogP contribution is 2.26. The molecule has 142 valence electrons. The molecule has 3 nitrogen and oxygen atoms in total. The molecule has 0 radical (unpaired) electrons. The third kappa shape index (κ3) is 3.85. The van der Waals surface area contributed by atoms with Crippen molar-refractivity contribution in [3.63, 3.8) is 0 Å². The van der Waals surface area contributed by atoms with Crippen molar-refractivity contribution in [3.8, 4) is 11.1 Å². The molecule has 0 bridgehead atoms. The topological polar surface area (TPSA) is 23.6 Å². The second-order valence-corrected chi connectivity index (χ2v) is 7.54. The minimum absolute atomic E-state index is 0.122. The second kappa shape index (κ2) is 7.99. The Morgan fingerprint density at radius 3 is 2.29 bits per heavy atom. The van der Waals surface area contributed by atoms with Crippen LogP contribution in [-0.2, 0) is 11.3 Å². The zero-order chi connectivity index (χ0) is 19.5.